The molecule has 0 bridgehead atoms. The van der Waals surface area contributed by atoms with Gasteiger partial charge >= 0.3 is 0 Å². The Morgan fingerprint density at radius 1 is 1.14 bits per heavy atom. The minimum Gasteiger partial charge on any atom is -0.369 e. The maximum absolute atomic E-state index is 4.81. The summed E-state index contributed by atoms with van der Waals surface area (Å²) >= 11 is 2.31. The van der Waals surface area contributed by atoms with Gasteiger partial charge in [-0.3, -0.25) is 4.98 Å². The molecule has 1 aromatic carbocycles. The van der Waals surface area contributed by atoms with Crippen LogP contribution < -0.4 is 5.32 Å². The summed E-state index contributed by atoms with van der Waals surface area (Å²) in [6, 6.07) is 12.4. The van der Waals surface area contributed by atoms with E-state index in [0.29, 0.717) is 0 Å². The quantitative estimate of drug-likeness (QED) is 0.684. The smallest absolute Gasteiger partial charge is 0.133 e. The summed E-state index contributed by atoms with van der Waals surface area (Å²) in [5.74, 6) is 1.11. The van der Waals surface area contributed by atoms with Crippen LogP contribution in [-0.2, 0) is 6.42 Å². The fourth-order valence-electron chi connectivity index (χ4n) is 2.68. The van der Waals surface area contributed by atoms with Crippen molar-refractivity contribution in [2.75, 3.05) is 11.9 Å². The third-order valence-electron chi connectivity index (χ3n) is 3.66. The molecule has 5 heteroatoms. The summed E-state index contributed by atoms with van der Waals surface area (Å²) in [4.78, 5) is 4.21. The van der Waals surface area contributed by atoms with Gasteiger partial charge in [0.25, 0.3) is 0 Å². The summed E-state index contributed by atoms with van der Waals surface area (Å²) in [6.45, 7) is 0.963. The highest BCUT2D eigenvalue weighted by Crippen LogP contribution is 2.34. The zero-order valence-corrected chi connectivity index (χ0v) is 13.4. The van der Waals surface area contributed by atoms with Crippen molar-refractivity contribution in [2.24, 2.45) is 0 Å². The Morgan fingerprint density at radius 2 is 2.00 bits per heavy atom. The highest BCUT2D eigenvalue weighted by Gasteiger charge is 2.23. The van der Waals surface area contributed by atoms with E-state index in [0.717, 1.165) is 35.7 Å². The second-order valence-electron chi connectivity index (χ2n) is 4.98. The Bertz CT molecular complexity index is 778. The summed E-state index contributed by atoms with van der Waals surface area (Å²) in [6.07, 6.45) is 4.67. The van der Waals surface area contributed by atoms with Crippen LogP contribution in [0.1, 0.15) is 5.56 Å². The standard InChI is InChI=1S/C16H13IN4/c17-12-3-5-13(6-4-12)21-16-14(7-9-19-16)15(20-21)11-2-1-8-18-10-11/h1-6,8,10,19H,7,9H2. The number of nitrogens with zero attached hydrogens (tertiary/aromatic N) is 3. The van der Waals surface area contributed by atoms with Crippen molar-refractivity contribution in [3.8, 4) is 16.9 Å². The molecule has 1 N–H and O–H groups in total. The van der Waals surface area contributed by atoms with Crippen molar-refractivity contribution < 1.29 is 0 Å². The van der Waals surface area contributed by atoms with Crippen LogP contribution in [0.2, 0.25) is 0 Å². The molecule has 0 amide bonds. The van der Waals surface area contributed by atoms with Crippen LogP contribution in [0.15, 0.2) is 48.8 Å². The van der Waals surface area contributed by atoms with E-state index in [9.17, 15) is 0 Å². The lowest BCUT2D eigenvalue weighted by atomic mass is 10.1. The zero-order chi connectivity index (χ0) is 14.2. The number of pyridine rings is 1. The van der Waals surface area contributed by atoms with Crippen molar-refractivity contribution in [3.05, 3.63) is 57.9 Å². The number of anilines is 1. The summed E-state index contributed by atoms with van der Waals surface area (Å²) < 4.78 is 3.22. The van der Waals surface area contributed by atoms with Gasteiger partial charge in [-0.05, 0) is 65.4 Å². The lowest BCUT2D eigenvalue weighted by molar-refractivity contribution is 0.882. The minimum absolute atomic E-state index is 0.963. The number of hydrogen-bond donors (Lipinski definition) is 1. The topological polar surface area (TPSA) is 42.7 Å². The van der Waals surface area contributed by atoms with Gasteiger partial charge in [-0.1, -0.05) is 0 Å². The van der Waals surface area contributed by atoms with E-state index < -0.39 is 0 Å². The average molecular weight is 388 g/mol. The monoisotopic (exact) mass is 388 g/mol. The Labute approximate surface area is 136 Å². The van der Waals surface area contributed by atoms with Crippen molar-refractivity contribution in [3.63, 3.8) is 0 Å². The van der Waals surface area contributed by atoms with Gasteiger partial charge in [-0.2, -0.15) is 5.10 Å². The number of halogens is 1. The van der Waals surface area contributed by atoms with Crippen LogP contribution in [-0.4, -0.2) is 21.3 Å². The van der Waals surface area contributed by atoms with Gasteiger partial charge in [0.05, 0.1) is 11.4 Å². The molecule has 21 heavy (non-hydrogen) atoms. The number of hydrogen-bond acceptors (Lipinski definition) is 3. The van der Waals surface area contributed by atoms with E-state index in [-0.39, 0.29) is 0 Å². The number of fused-ring (bicyclic) bond motifs is 1. The highest BCUT2D eigenvalue weighted by molar-refractivity contribution is 14.1. The number of rotatable bonds is 2. The molecule has 0 fully saturated rings. The Balaban J connectivity index is 1.88. The summed E-state index contributed by atoms with van der Waals surface area (Å²) in [5, 5.41) is 8.26. The highest BCUT2D eigenvalue weighted by atomic mass is 127. The molecule has 0 saturated heterocycles. The van der Waals surface area contributed by atoms with E-state index in [4.69, 9.17) is 5.10 Å². The lowest BCUT2D eigenvalue weighted by Crippen LogP contribution is -2.04. The largest absolute Gasteiger partial charge is 0.369 e. The molecule has 104 valence electrons. The summed E-state index contributed by atoms with van der Waals surface area (Å²) in [5.41, 5.74) is 4.46. The first-order chi connectivity index (χ1) is 10.3. The van der Waals surface area contributed by atoms with Crippen LogP contribution in [0.25, 0.3) is 16.9 Å². The van der Waals surface area contributed by atoms with Crippen LogP contribution >= 0.6 is 22.6 Å². The van der Waals surface area contributed by atoms with E-state index in [2.05, 4.69) is 63.2 Å². The fourth-order valence-corrected chi connectivity index (χ4v) is 3.04. The van der Waals surface area contributed by atoms with Gasteiger partial charge in [0, 0.05) is 33.6 Å². The first kappa shape index (κ1) is 12.8. The molecule has 0 atom stereocenters. The second kappa shape index (κ2) is 5.14. The number of benzene rings is 1. The third-order valence-corrected chi connectivity index (χ3v) is 4.38. The van der Waals surface area contributed by atoms with Crippen molar-refractivity contribution in [1.82, 2.24) is 14.8 Å². The van der Waals surface area contributed by atoms with Gasteiger partial charge in [0.1, 0.15) is 5.82 Å². The molecule has 3 heterocycles. The van der Waals surface area contributed by atoms with Gasteiger partial charge in [-0.15, -0.1) is 0 Å². The molecule has 4 nitrogen and oxygen atoms in total. The maximum Gasteiger partial charge on any atom is 0.133 e. The second-order valence-corrected chi connectivity index (χ2v) is 6.23. The van der Waals surface area contributed by atoms with E-state index in [1.165, 1.54) is 9.13 Å². The molecule has 0 unspecified atom stereocenters. The predicted octanol–water partition coefficient (Wildman–Crippen LogP) is 3.51. The summed E-state index contributed by atoms with van der Waals surface area (Å²) in [7, 11) is 0. The molecule has 1 aliphatic rings. The zero-order valence-electron chi connectivity index (χ0n) is 11.3. The van der Waals surface area contributed by atoms with Crippen molar-refractivity contribution in [2.45, 2.75) is 6.42 Å². The molecule has 0 radical (unpaired) electrons. The molecule has 4 rings (SSSR count). The number of nitrogens with one attached hydrogen (secondary N) is 1. The van der Waals surface area contributed by atoms with Crippen molar-refractivity contribution in [1.29, 1.82) is 0 Å². The van der Waals surface area contributed by atoms with Gasteiger partial charge < -0.3 is 5.32 Å². The molecular weight excluding hydrogens is 375 g/mol. The molecule has 0 spiro atoms. The Hall–Kier alpha value is -1.89. The van der Waals surface area contributed by atoms with Crippen LogP contribution in [0.5, 0.6) is 0 Å². The van der Waals surface area contributed by atoms with Crippen LogP contribution in [0.4, 0.5) is 5.82 Å². The molecule has 2 aromatic heterocycles. The van der Waals surface area contributed by atoms with Gasteiger partial charge in [0.2, 0.25) is 0 Å². The SMILES string of the molecule is Ic1ccc(-n2nc(-c3cccnc3)c3c2NCC3)cc1. The normalized spacial score (nSPS) is 13.0. The minimum atomic E-state index is 0.963. The third kappa shape index (κ3) is 2.21. The fraction of sp³-hybridized carbons (Fsp3) is 0.125. The maximum atomic E-state index is 4.81. The molecule has 0 saturated carbocycles. The molecule has 1 aliphatic heterocycles. The predicted molar refractivity (Wildman–Crippen MR) is 91.7 cm³/mol. The van der Waals surface area contributed by atoms with E-state index in [1.807, 2.05) is 16.9 Å². The van der Waals surface area contributed by atoms with Gasteiger partial charge in [0.15, 0.2) is 0 Å². The van der Waals surface area contributed by atoms with Gasteiger partial charge in [-0.25, -0.2) is 4.68 Å². The van der Waals surface area contributed by atoms with E-state index >= 15 is 0 Å². The Kier molecular flexibility index (Phi) is 3.14. The lowest BCUT2D eigenvalue weighted by Gasteiger charge is -2.06. The van der Waals surface area contributed by atoms with E-state index in [1.54, 1.807) is 6.20 Å². The van der Waals surface area contributed by atoms with Crippen molar-refractivity contribution >= 4 is 28.4 Å². The first-order valence-corrected chi connectivity index (χ1v) is 7.93. The Morgan fingerprint density at radius 3 is 2.76 bits per heavy atom. The average Bonchev–Trinajstić information content (AvgIpc) is 3.11. The number of aromatic nitrogens is 3. The molecule has 0 aliphatic carbocycles. The first-order valence-electron chi connectivity index (χ1n) is 6.85. The van der Waals surface area contributed by atoms with Crippen LogP contribution in [0, 0.1) is 3.57 Å². The van der Waals surface area contributed by atoms with Crippen LogP contribution in [0.3, 0.4) is 0 Å². The molecular formula is C16H13IN4. The molecule has 3 aromatic rings.